The maximum absolute atomic E-state index is 11.5. The molecule has 2 rings (SSSR count). The zero-order valence-electron chi connectivity index (χ0n) is 8.74. The summed E-state index contributed by atoms with van der Waals surface area (Å²) in [4.78, 5) is 11.5. The summed E-state index contributed by atoms with van der Waals surface area (Å²) in [6.07, 6.45) is 6.22. The zero-order valence-corrected chi connectivity index (χ0v) is 10.3. The topological polar surface area (TPSA) is 41.1 Å². The summed E-state index contributed by atoms with van der Waals surface area (Å²) in [5.41, 5.74) is 0.764. The first-order chi connectivity index (χ1) is 7.75. The van der Waals surface area contributed by atoms with Crippen LogP contribution in [0.5, 0.6) is 0 Å². The van der Waals surface area contributed by atoms with Crippen LogP contribution in [0.1, 0.15) is 12.8 Å². The Hall–Kier alpha value is -1.29. The molecule has 2 amide bonds. The highest BCUT2D eigenvalue weighted by Crippen LogP contribution is 2.29. The molecule has 16 heavy (non-hydrogen) atoms. The van der Waals surface area contributed by atoms with Crippen molar-refractivity contribution in [3.63, 3.8) is 0 Å². The summed E-state index contributed by atoms with van der Waals surface area (Å²) in [6.45, 7) is 0. The normalized spacial score (nSPS) is 15.1. The number of halogens is 1. The van der Waals surface area contributed by atoms with E-state index in [-0.39, 0.29) is 6.03 Å². The quantitative estimate of drug-likeness (QED) is 0.874. The van der Waals surface area contributed by atoms with E-state index in [1.165, 1.54) is 12.8 Å². The van der Waals surface area contributed by atoms with Gasteiger partial charge in [-0.2, -0.15) is 0 Å². The highest BCUT2D eigenvalue weighted by molar-refractivity contribution is 9.10. The molecule has 1 aliphatic rings. The van der Waals surface area contributed by atoms with Gasteiger partial charge in [-0.3, -0.25) is 0 Å². The van der Waals surface area contributed by atoms with Crippen LogP contribution in [-0.2, 0) is 0 Å². The third kappa shape index (κ3) is 3.38. The van der Waals surface area contributed by atoms with Gasteiger partial charge in [-0.1, -0.05) is 18.2 Å². The van der Waals surface area contributed by atoms with Gasteiger partial charge in [0.15, 0.2) is 0 Å². The molecule has 2 N–H and O–H groups in total. The summed E-state index contributed by atoms with van der Waals surface area (Å²) in [5, 5.41) is 5.43. The molecule has 0 bridgehead atoms. The van der Waals surface area contributed by atoms with Gasteiger partial charge >= 0.3 is 6.03 Å². The van der Waals surface area contributed by atoms with Crippen molar-refractivity contribution in [3.05, 3.63) is 41.0 Å². The van der Waals surface area contributed by atoms with Gasteiger partial charge in [-0.05, 0) is 46.8 Å². The summed E-state index contributed by atoms with van der Waals surface area (Å²) in [6, 6.07) is 7.29. The Labute approximate surface area is 103 Å². The van der Waals surface area contributed by atoms with Crippen molar-refractivity contribution < 1.29 is 4.79 Å². The Morgan fingerprint density at radius 1 is 1.38 bits per heavy atom. The average Bonchev–Trinajstić information content (AvgIpc) is 3.05. The molecule has 1 aromatic carbocycles. The fourth-order valence-corrected chi connectivity index (χ4v) is 1.65. The van der Waals surface area contributed by atoms with E-state index in [4.69, 9.17) is 0 Å². The van der Waals surface area contributed by atoms with Crippen LogP contribution in [0.15, 0.2) is 41.0 Å². The lowest BCUT2D eigenvalue weighted by molar-refractivity contribution is 0.255. The number of amides is 2. The number of nitrogens with one attached hydrogen (secondary N) is 2. The molecule has 0 unspecified atom stereocenters. The lowest BCUT2D eigenvalue weighted by Gasteiger charge is -2.05. The van der Waals surface area contributed by atoms with Gasteiger partial charge in [0.25, 0.3) is 0 Å². The number of carbonyl (C=O) groups is 1. The standard InChI is InChI=1S/C12H13BrN2O/c13-10-3-1-2-4-11(10)15-12(16)14-8-7-9-5-6-9/h1-4,7-9H,5-6H2,(H2,14,15,16)/b8-7+. The maximum Gasteiger partial charge on any atom is 0.323 e. The number of urea groups is 1. The fraction of sp³-hybridized carbons (Fsp3) is 0.250. The van der Waals surface area contributed by atoms with E-state index in [2.05, 4.69) is 26.6 Å². The molecule has 0 saturated heterocycles. The van der Waals surface area contributed by atoms with E-state index in [0.29, 0.717) is 5.92 Å². The van der Waals surface area contributed by atoms with E-state index in [9.17, 15) is 4.79 Å². The third-order valence-electron chi connectivity index (χ3n) is 2.33. The SMILES string of the molecule is O=C(N/C=C/C1CC1)Nc1ccccc1Br. The number of hydrogen-bond acceptors (Lipinski definition) is 1. The molecule has 0 aromatic heterocycles. The molecule has 0 radical (unpaired) electrons. The molecule has 84 valence electrons. The number of allylic oxidation sites excluding steroid dienone is 1. The van der Waals surface area contributed by atoms with Crippen LogP contribution in [-0.4, -0.2) is 6.03 Å². The molecule has 1 aliphatic carbocycles. The van der Waals surface area contributed by atoms with Crippen LogP contribution in [0.2, 0.25) is 0 Å². The maximum atomic E-state index is 11.5. The molecule has 0 spiro atoms. The van der Waals surface area contributed by atoms with Gasteiger partial charge in [0.05, 0.1) is 5.69 Å². The van der Waals surface area contributed by atoms with Crippen LogP contribution in [0.4, 0.5) is 10.5 Å². The van der Waals surface area contributed by atoms with Gasteiger partial charge in [-0.25, -0.2) is 4.79 Å². The van der Waals surface area contributed by atoms with E-state index < -0.39 is 0 Å². The van der Waals surface area contributed by atoms with Crippen molar-refractivity contribution in [2.45, 2.75) is 12.8 Å². The highest BCUT2D eigenvalue weighted by atomic mass is 79.9. The summed E-state index contributed by atoms with van der Waals surface area (Å²) in [7, 11) is 0. The lowest BCUT2D eigenvalue weighted by atomic mass is 10.3. The number of carbonyl (C=O) groups excluding carboxylic acids is 1. The van der Waals surface area contributed by atoms with Crippen molar-refractivity contribution >= 4 is 27.6 Å². The summed E-state index contributed by atoms with van der Waals surface area (Å²) in [5.74, 6) is 0.670. The van der Waals surface area contributed by atoms with Gasteiger partial charge < -0.3 is 10.6 Å². The predicted octanol–water partition coefficient (Wildman–Crippen LogP) is 3.49. The van der Waals surface area contributed by atoms with Crippen LogP contribution < -0.4 is 10.6 Å². The number of anilines is 1. The molecular formula is C12H13BrN2O. The van der Waals surface area contributed by atoms with Gasteiger partial charge in [0, 0.05) is 10.7 Å². The monoisotopic (exact) mass is 280 g/mol. The fourth-order valence-electron chi connectivity index (χ4n) is 1.27. The van der Waals surface area contributed by atoms with E-state index in [0.717, 1.165) is 10.2 Å². The predicted molar refractivity (Wildman–Crippen MR) is 68.2 cm³/mol. The first kappa shape index (κ1) is 11.2. The van der Waals surface area contributed by atoms with E-state index in [1.807, 2.05) is 30.3 Å². The van der Waals surface area contributed by atoms with Crippen LogP contribution >= 0.6 is 15.9 Å². The first-order valence-corrected chi connectivity index (χ1v) is 6.04. The molecule has 4 heteroatoms. The molecule has 0 aliphatic heterocycles. The van der Waals surface area contributed by atoms with Crippen LogP contribution in [0, 0.1) is 5.92 Å². The summed E-state index contributed by atoms with van der Waals surface area (Å²) < 4.78 is 0.872. The molecule has 1 fully saturated rings. The smallest absolute Gasteiger partial charge is 0.315 e. The minimum absolute atomic E-state index is 0.219. The van der Waals surface area contributed by atoms with E-state index in [1.54, 1.807) is 6.20 Å². The number of para-hydroxylation sites is 1. The Morgan fingerprint density at radius 3 is 2.81 bits per heavy atom. The largest absolute Gasteiger partial charge is 0.323 e. The average molecular weight is 281 g/mol. The van der Waals surface area contributed by atoms with Gasteiger partial charge in [0.2, 0.25) is 0 Å². The summed E-state index contributed by atoms with van der Waals surface area (Å²) >= 11 is 3.37. The lowest BCUT2D eigenvalue weighted by Crippen LogP contribution is -2.23. The molecule has 0 heterocycles. The Bertz CT molecular complexity index is 413. The Kier molecular flexibility index (Phi) is 3.62. The third-order valence-corrected chi connectivity index (χ3v) is 3.02. The molecular weight excluding hydrogens is 268 g/mol. The van der Waals surface area contributed by atoms with Crippen LogP contribution in [0.25, 0.3) is 0 Å². The van der Waals surface area contributed by atoms with Crippen molar-refractivity contribution in [2.75, 3.05) is 5.32 Å². The van der Waals surface area contributed by atoms with Crippen molar-refractivity contribution in [1.29, 1.82) is 0 Å². The zero-order chi connectivity index (χ0) is 11.4. The van der Waals surface area contributed by atoms with Gasteiger partial charge in [0.1, 0.15) is 0 Å². The molecule has 0 atom stereocenters. The minimum Gasteiger partial charge on any atom is -0.315 e. The second-order valence-electron chi connectivity index (χ2n) is 3.77. The highest BCUT2D eigenvalue weighted by Gasteiger charge is 2.17. The second-order valence-corrected chi connectivity index (χ2v) is 4.63. The van der Waals surface area contributed by atoms with Crippen LogP contribution in [0.3, 0.4) is 0 Å². The van der Waals surface area contributed by atoms with Crippen molar-refractivity contribution in [2.24, 2.45) is 5.92 Å². The molecule has 3 nitrogen and oxygen atoms in total. The van der Waals surface area contributed by atoms with E-state index >= 15 is 0 Å². The van der Waals surface area contributed by atoms with Crippen molar-refractivity contribution in [1.82, 2.24) is 5.32 Å². The van der Waals surface area contributed by atoms with Crippen molar-refractivity contribution in [3.8, 4) is 0 Å². The second kappa shape index (κ2) is 5.16. The van der Waals surface area contributed by atoms with Gasteiger partial charge in [-0.15, -0.1) is 0 Å². The Morgan fingerprint density at radius 2 is 2.12 bits per heavy atom. The molecule has 1 aromatic rings. The minimum atomic E-state index is -0.219. The Balaban J connectivity index is 1.84. The molecule has 1 saturated carbocycles. The number of rotatable bonds is 3. The number of benzene rings is 1. The number of hydrogen-bond donors (Lipinski definition) is 2. The first-order valence-electron chi connectivity index (χ1n) is 5.24.